The first kappa shape index (κ1) is 18.2. The summed E-state index contributed by atoms with van der Waals surface area (Å²) in [6.07, 6.45) is 2.51. The molecule has 1 N–H and O–H groups in total. The van der Waals surface area contributed by atoms with Crippen LogP contribution in [0.25, 0.3) is 11.1 Å². The molecule has 2 atom stereocenters. The summed E-state index contributed by atoms with van der Waals surface area (Å²) in [6.45, 7) is 0. The Bertz CT molecular complexity index is 967. The van der Waals surface area contributed by atoms with E-state index in [9.17, 15) is 9.18 Å². The third-order valence-electron chi connectivity index (χ3n) is 5.23. The normalized spacial score (nSPS) is 17.9. The summed E-state index contributed by atoms with van der Waals surface area (Å²) in [7, 11) is 0. The molecule has 1 aliphatic rings. The number of para-hydroxylation sites is 1. The van der Waals surface area contributed by atoms with Gasteiger partial charge in [-0.3, -0.25) is 4.79 Å². The SMILES string of the molecule is O=C(O)[C@@H]1C[C@H]1CCc1ccc(-c2cc(Oc3ccccc3)ccc2F)cc1. The van der Waals surface area contributed by atoms with E-state index in [4.69, 9.17) is 9.84 Å². The summed E-state index contributed by atoms with van der Waals surface area (Å²) in [6, 6.07) is 21.9. The number of halogens is 1. The molecule has 4 rings (SSSR count). The summed E-state index contributed by atoms with van der Waals surface area (Å²) in [5.74, 6) is 0.432. The third kappa shape index (κ3) is 4.22. The van der Waals surface area contributed by atoms with Crippen molar-refractivity contribution in [1.82, 2.24) is 0 Å². The van der Waals surface area contributed by atoms with Crippen molar-refractivity contribution >= 4 is 5.97 Å². The maximum Gasteiger partial charge on any atom is 0.306 e. The first-order chi connectivity index (χ1) is 13.6. The lowest BCUT2D eigenvalue weighted by molar-refractivity contribution is -0.138. The van der Waals surface area contributed by atoms with Gasteiger partial charge >= 0.3 is 5.97 Å². The van der Waals surface area contributed by atoms with Gasteiger partial charge in [-0.15, -0.1) is 0 Å². The molecule has 1 aliphatic carbocycles. The standard InChI is InChI=1S/C24H21FO3/c25-23-13-12-20(28-19-4-2-1-3-5-19)15-21(23)17-9-6-16(7-10-17)8-11-18-14-22(18)24(26)27/h1-7,9-10,12-13,15,18,22H,8,11,14H2,(H,26,27)/t18-,22-/m1/s1. The first-order valence-corrected chi connectivity index (χ1v) is 9.45. The van der Waals surface area contributed by atoms with Crippen LogP contribution in [0.5, 0.6) is 11.5 Å². The molecule has 0 unspecified atom stereocenters. The van der Waals surface area contributed by atoms with Crippen molar-refractivity contribution in [2.75, 3.05) is 0 Å². The van der Waals surface area contributed by atoms with Gasteiger partial charge in [0.15, 0.2) is 0 Å². The second kappa shape index (κ2) is 7.85. The largest absolute Gasteiger partial charge is 0.481 e. The summed E-state index contributed by atoms with van der Waals surface area (Å²) in [5, 5.41) is 8.98. The van der Waals surface area contributed by atoms with Gasteiger partial charge in [0, 0.05) is 5.56 Å². The molecule has 0 amide bonds. The van der Waals surface area contributed by atoms with E-state index in [0.717, 1.165) is 30.4 Å². The second-order valence-electron chi connectivity index (χ2n) is 7.23. The van der Waals surface area contributed by atoms with Crippen molar-refractivity contribution < 1.29 is 19.0 Å². The van der Waals surface area contributed by atoms with Crippen LogP contribution in [0.4, 0.5) is 4.39 Å². The Labute approximate surface area is 163 Å². The van der Waals surface area contributed by atoms with Crippen molar-refractivity contribution in [3.05, 3.63) is 84.2 Å². The smallest absolute Gasteiger partial charge is 0.306 e. The van der Waals surface area contributed by atoms with Crippen molar-refractivity contribution in [2.45, 2.75) is 19.3 Å². The zero-order valence-electron chi connectivity index (χ0n) is 15.3. The van der Waals surface area contributed by atoms with Gasteiger partial charge in [-0.25, -0.2) is 4.39 Å². The van der Waals surface area contributed by atoms with Crippen molar-refractivity contribution in [1.29, 1.82) is 0 Å². The summed E-state index contributed by atoms with van der Waals surface area (Å²) >= 11 is 0. The van der Waals surface area contributed by atoms with Gasteiger partial charge in [0.05, 0.1) is 5.92 Å². The van der Waals surface area contributed by atoms with Crippen molar-refractivity contribution in [3.63, 3.8) is 0 Å². The van der Waals surface area contributed by atoms with Gasteiger partial charge in [0.1, 0.15) is 17.3 Å². The van der Waals surface area contributed by atoms with Gasteiger partial charge in [0.2, 0.25) is 0 Å². The molecule has 0 aliphatic heterocycles. The second-order valence-corrected chi connectivity index (χ2v) is 7.23. The van der Waals surface area contributed by atoms with E-state index in [2.05, 4.69) is 0 Å². The van der Waals surface area contributed by atoms with Crippen LogP contribution >= 0.6 is 0 Å². The third-order valence-corrected chi connectivity index (χ3v) is 5.23. The zero-order chi connectivity index (χ0) is 19.5. The van der Waals surface area contributed by atoms with E-state index in [-0.39, 0.29) is 11.7 Å². The van der Waals surface area contributed by atoms with E-state index in [1.165, 1.54) is 6.07 Å². The molecule has 1 fully saturated rings. The fourth-order valence-corrected chi connectivity index (χ4v) is 3.49. The first-order valence-electron chi connectivity index (χ1n) is 9.45. The summed E-state index contributed by atoms with van der Waals surface area (Å²) in [4.78, 5) is 10.9. The molecule has 1 saturated carbocycles. The van der Waals surface area contributed by atoms with Crippen LogP contribution in [0, 0.1) is 17.7 Å². The van der Waals surface area contributed by atoms with E-state index in [1.54, 1.807) is 12.1 Å². The Kier molecular flexibility index (Phi) is 5.11. The lowest BCUT2D eigenvalue weighted by Crippen LogP contribution is -2.00. The number of carboxylic acid groups (broad SMARTS) is 1. The Morgan fingerprint density at radius 3 is 2.43 bits per heavy atom. The number of carboxylic acids is 1. The van der Waals surface area contributed by atoms with E-state index >= 15 is 0 Å². The maximum absolute atomic E-state index is 14.4. The van der Waals surface area contributed by atoms with Crippen molar-refractivity contribution in [3.8, 4) is 22.6 Å². The van der Waals surface area contributed by atoms with Crippen molar-refractivity contribution in [2.24, 2.45) is 11.8 Å². The Morgan fingerprint density at radius 1 is 1.00 bits per heavy atom. The van der Waals surface area contributed by atoms with Crippen LogP contribution in [-0.4, -0.2) is 11.1 Å². The van der Waals surface area contributed by atoms with Crippen LogP contribution in [0.15, 0.2) is 72.8 Å². The van der Waals surface area contributed by atoms with Gasteiger partial charge in [-0.2, -0.15) is 0 Å². The van der Waals surface area contributed by atoms with Gasteiger partial charge in [-0.05, 0) is 66.6 Å². The molecule has 3 nitrogen and oxygen atoms in total. The minimum absolute atomic E-state index is 0.166. The summed E-state index contributed by atoms with van der Waals surface area (Å²) < 4.78 is 20.2. The average Bonchev–Trinajstić information content (AvgIpc) is 3.49. The molecular weight excluding hydrogens is 355 g/mol. The highest BCUT2D eigenvalue weighted by atomic mass is 19.1. The topological polar surface area (TPSA) is 46.5 Å². The number of carbonyl (C=O) groups is 1. The molecule has 0 saturated heterocycles. The molecule has 3 aromatic carbocycles. The maximum atomic E-state index is 14.4. The molecule has 3 aromatic rings. The monoisotopic (exact) mass is 376 g/mol. The number of benzene rings is 3. The highest BCUT2D eigenvalue weighted by molar-refractivity contribution is 5.73. The van der Waals surface area contributed by atoms with Gasteiger partial charge in [-0.1, -0.05) is 42.5 Å². The molecule has 28 heavy (non-hydrogen) atoms. The average molecular weight is 376 g/mol. The van der Waals surface area contributed by atoms with E-state index < -0.39 is 5.97 Å². The van der Waals surface area contributed by atoms with Crippen LogP contribution in [0.2, 0.25) is 0 Å². The number of hydrogen-bond acceptors (Lipinski definition) is 2. The highest BCUT2D eigenvalue weighted by Crippen LogP contribution is 2.42. The van der Waals surface area contributed by atoms with Crippen LogP contribution < -0.4 is 4.74 Å². The molecule has 0 bridgehead atoms. The van der Waals surface area contributed by atoms with Crippen LogP contribution in [-0.2, 0) is 11.2 Å². The molecule has 142 valence electrons. The molecule has 0 heterocycles. The van der Waals surface area contributed by atoms with Crippen LogP contribution in [0.3, 0.4) is 0 Å². The fourth-order valence-electron chi connectivity index (χ4n) is 3.49. The quantitative estimate of drug-likeness (QED) is 0.555. The van der Waals surface area contributed by atoms with Gasteiger partial charge < -0.3 is 9.84 Å². The highest BCUT2D eigenvalue weighted by Gasteiger charge is 2.42. The number of aryl methyl sites for hydroxylation is 1. The summed E-state index contributed by atoms with van der Waals surface area (Å²) in [5.41, 5.74) is 2.42. The zero-order valence-corrected chi connectivity index (χ0v) is 15.3. The predicted molar refractivity (Wildman–Crippen MR) is 106 cm³/mol. The predicted octanol–water partition coefficient (Wildman–Crippen LogP) is 5.94. The Hall–Kier alpha value is -3.14. The number of ether oxygens (including phenoxy) is 1. The number of aliphatic carboxylic acids is 1. The van der Waals surface area contributed by atoms with Gasteiger partial charge in [0.25, 0.3) is 0 Å². The molecular formula is C24H21FO3. The Morgan fingerprint density at radius 2 is 1.75 bits per heavy atom. The van der Waals surface area contributed by atoms with E-state index in [1.807, 2.05) is 54.6 Å². The Balaban J connectivity index is 1.45. The minimum Gasteiger partial charge on any atom is -0.481 e. The molecule has 0 radical (unpaired) electrons. The molecule has 4 heteroatoms. The fraction of sp³-hybridized carbons (Fsp3) is 0.208. The number of hydrogen-bond donors (Lipinski definition) is 1. The lowest BCUT2D eigenvalue weighted by Gasteiger charge is -2.10. The van der Waals surface area contributed by atoms with Crippen LogP contribution in [0.1, 0.15) is 18.4 Å². The van der Waals surface area contributed by atoms with E-state index in [0.29, 0.717) is 23.0 Å². The molecule has 0 aromatic heterocycles. The minimum atomic E-state index is -0.687. The number of rotatable bonds is 7. The lowest BCUT2D eigenvalue weighted by atomic mass is 10.0. The molecule has 0 spiro atoms.